The molecule has 1 saturated heterocycles. The highest BCUT2D eigenvalue weighted by atomic mass is 16.2. The van der Waals surface area contributed by atoms with Gasteiger partial charge in [0.15, 0.2) is 0 Å². The van der Waals surface area contributed by atoms with Crippen molar-refractivity contribution in [3.63, 3.8) is 0 Å². The summed E-state index contributed by atoms with van der Waals surface area (Å²) in [5.74, 6) is 0.136. The molecule has 1 aliphatic carbocycles. The van der Waals surface area contributed by atoms with Crippen molar-refractivity contribution in [1.29, 1.82) is 0 Å². The third kappa shape index (κ3) is 2.15. The summed E-state index contributed by atoms with van der Waals surface area (Å²) in [5.41, 5.74) is 6.09. The topological polar surface area (TPSA) is 36.1 Å². The number of fused-ring (bicyclic) bond motifs is 3. The second-order valence-corrected chi connectivity index (χ2v) is 7.64. The molecule has 0 saturated carbocycles. The summed E-state index contributed by atoms with van der Waals surface area (Å²) in [6.07, 6.45) is 3.39. The number of benzene rings is 2. The van der Waals surface area contributed by atoms with Gasteiger partial charge in [0, 0.05) is 29.4 Å². The van der Waals surface area contributed by atoms with E-state index in [1.807, 2.05) is 17.0 Å². The maximum atomic E-state index is 13.1. The minimum absolute atomic E-state index is 0.136. The molecule has 1 atom stereocenters. The Labute approximate surface area is 147 Å². The molecular weight excluding hydrogens is 308 g/mol. The first-order valence-electron chi connectivity index (χ1n) is 9.12. The predicted molar refractivity (Wildman–Crippen MR) is 100.0 cm³/mol. The van der Waals surface area contributed by atoms with Crippen LogP contribution in [0.4, 0.5) is 0 Å². The van der Waals surface area contributed by atoms with Crippen LogP contribution < -0.4 is 0 Å². The summed E-state index contributed by atoms with van der Waals surface area (Å²) in [5, 5.41) is 1.11. The maximum absolute atomic E-state index is 13.1. The van der Waals surface area contributed by atoms with Gasteiger partial charge in [0.2, 0.25) is 0 Å². The van der Waals surface area contributed by atoms with E-state index in [1.165, 1.54) is 23.1 Å². The molecule has 1 N–H and O–H groups in total. The summed E-state index contributed by atoms with van der Waals surface area (Å²) in [4.78, 5) is 18.5. The number of carbonyl (C=O) groups excluding carboxylic acids is 1. The van der Waals surface area contributed by atoms with Crippen LogP contribution in [-0.4, -0.2) is 28.9 Å². The molecule has 1 aromatic heterocycles. The first-order valence-corrected chi connectivity index (χ1v) is 9.12. The molecule has 2 aliphatic rings. The number of aryl methyl sites for hydroxylation is 2. The lowest BCUT2D eigenvalue weighted by Crippen LogP contribution is -2.33. The highest BCUT2D eigenvalue weighted by Crippen LogP contribution is 2.45. The molecule has 1 amide bonds. The van der Waals surface area contributed by atoms with Crippen LogP contribution in [0.2, 0.25) is 0 Å². The Kier molecular flexibility index (Phi) is 3.08. The number of hydrogen-bond donors (Lipinski definition) is 1. The van der Waals surface area contributed by atoms with Gasteiger partial charge in [-0.25, -0.2) is 0 Å². The van der Waals surface area contributed by atoms with E-state index < -0.39 is 0 Å². The molecule has 25 heavy (non-hydrogen) atoms. The smallest absolute Gasteiger partial charge is 0.270 e. The number of H-pyrrole nitrogens is 1. The van der Waals surface area contributed by atoms with Crippen molar-refractivity contribution in [3.8, 4) is 0 Å². The predicted octanol–water partition coefficient (Wildman–Crippen LogP) is 4.21. The van der Waals surface area contributed by atoms with E-state index in [0.717, 1.165) is 36.8 Å². The average Bonchev–Trinajstić information content (AvgIpc) is 3.34. The van der Waals surface area contributed by atoms with Crippen LogP contribution in [0.1, 0.15) is 40.0 Å². The molecular formula is C22H22N2O. The summed E-state index contributed by atoms with van der Waals surface area (Å²) < 4.78 is 0. The van der Waals surface area contributed by atoms with E-state index in [4.69, 9.17) is 0 Å². The Bertz CT molecular complexity index is 987. The van der Waals surface area contributed by atoms with Gasteiger partial charge in [-0.3, -0.25) is 4.79 Å². The van der Waals surface area contributed by atoms with Crippen LogP contribution in [0.5, 0.6) is 0 Å². The van der Waals surface area contributed by atoms with Gasteiger partial charge in [0.1, 0.15) is 5.69 Å². The van der Waals surface area contributed by atoms with E-state index in [0.29, 0.717) is 5.69 Å². The maximum Gasteiger partial charge on any atom is 0.270 e. The fourth-order valence-electron chi connectivity index (χ4n) is 4.83. The van der Waals surface area contributed by atoms with Gasteiger partial charge in [0.25, 0.3) is 5.91 Å². The normalized spacial score (nSPS) is 22.0. The molecule has 1 unspecified atom stereocenters. The quantitative estimate of drug-likeness (QED) is 0.713. The molecule has 1 aliphatic heterocycles. The number of aromatic nitrogens is 1. The first kappa shape index (κ1) is 14.8. The first-order chi connectivity index (χ1) is 12.2. The summed E-state index contributed by atoms with van der Waals surface area (Å²) in [6, 6.07) is 17.0. The molecule has 3 nitrogen and oxygen atoms in total. The monoisotopic (exact) mass is 330 g/mol. The molecule has 0 bridgehead atoms. The van der Waals surface area contributed by atoms with Gasteiger partial charge in [-0.1, -0.05) is 42.5 Å². The summed E-state index contributed by atoms with van der Waals surface area (Å²) in [6.45, 7) is 3.77. The molecule has 5 rings (SSSR count). The van der Waals surface area contributed by atoms with Gasteiger partial charge in [-0.15, -0.1) is 0 Å². The molecule has 0 radical (unpaired) electrons. The van der Waals surface area contributed by atoms with Gasteiger partial charge >= 0.3 is 0 Å². The number of amides is 1. The highest BCUT2D eigenvalue weighted by Gasteiger charge is 2.45. The third-order valence-corrected chi connectivity index (χ3v) is 6.20. The summed E-state index contributed by atoms with van der Waals surface area (Å²) >= 11 is 0. The van der Waals surface area contributed by atoms with Crippen LogP contribution in [0.3, 0.4) is 0 Å². The zero-order valence-electron chi connectivity index (χ0n) is 14.5. The Morgan fingerprint density at radius 3 is 2.88 bits per heavy atom. The molecule has 1 spiro atoms. The van der Waals surface area contributed by atoms with Crippen LogP contribution >= 0.6 is 0 Å². The Morgan fingerprint density at radius 2 is 2.00 bits per heavy atom. The van der Waals surface area contributed by atoms with Crippen LogP contribution in [0, 0.1) is 6.92 Å². The molecule has 126 valence electrons. The van der Waals surface area contributed by atoms with E-state index in [9.17, 15) is 4.79 Å². The fourth-order valence-corrected chi connectivity index (χ4v) is 4.83. The van der Waals surface area contributed by atoms with Crippen molar-refractivity contribution >= 4 is 16.8 Å². The summed E-state index contributed by atoms with van der Waals surface area (Å²) in [7, 11) is 0. The lowest BCUT2D eigenvalue weighted by molar-refractivity contribution is 0.0778. The van der Waals surface area contributed by atoms with Gasteiger partial charge in [-0.05, 0) is 48.9 Å². The standard InChI is InChI=1S/C22H22N2O/c1-15-5-4-7-17-13-19(23-20(15)17)21(25)24-12-11-22(14-24)10-9-16-6-2-3-8-18(16)22/h2-8,13,23H,9-12,14H2,1H3. The Balaban J connectivity index is 1.45. The number of aromatic amines is 1. The molecule has 2 heterocycles. The zero-order valence-corrected chi connectivity index (χ0v) is 14.5. The third-order valence-electron chi connectivity index (χ3n) is 6.20. The second-order valence-electron chi connectivity index (χ2n) is 7.64. The number of carbonyl (C=O) groups is 1. The number of hydrogen-bond acceptors (Lipinski definition) is 1. The molecule has 3 heteroatoms. The van der Waals surface area contributed by atoms with Crippen molar-refractivity contribution < 1.29 is 4.79 Å². The van der Waals surface area contributed by atoms with E-state index in [-0.39, 0.29) is 11.3 Å². The lowest BCUT2D eigenvalue weighted by atomic mass is 9.81. The number of likely N-dealkylation sites (tertiary alicyclic amines) is 1. The Morgan fingerprint density at radius 1 is 1.12 bits per heavy atom. The number of nitrogens with one attached hydrogen (secondary N) is 1. The van der Waals surface area contributed by atoms with Crippen LogP contribution in [-0.2, 0) is 11.8 Å². The minimum atomic E-state index is 0.136. The molecule has 3 aromatic rings. The highest BCUT2D eigenvalue weighted by molar-refractivity contribution is 5.99. The SMILES string of the molecule is Cc1cccc2cc(C(=O)N3CCC4(CCc5ccccc54)C3)[nH]c12. The number of nitrogens with zero attached hydrogens (tertiary/aromatic N) is 1. The van der Waals surface area contributed by atoms with Crippen molar-refractivity contribution in [2.24, 2.45) is 0 Å². The fraction of sp³-hybridized carbons (Fsp3) is 0.318. The zero-order chi connectivity index (χ0) is 17.0. The van der Waals surface area contributed by atoms with Crippen LogP contribution in [0.25, 0.3) is 10.9 Å². The van der Waals surface area contributed by atoms with Crippen molar-refractivity contribution in [3.05, 3.63) is 70.9 Å². The van der Waals surface area contributed by atoms with Gasteiger partial charge < -0.3 is 9.88 Å². The van der Waals surface area contributed by atoms with Gasteiger partial charge in [0.05, 0.1) is 0 Å². The van der Waals surface area contributed by atoms with Crippen molar-refractivity contribution in [2.45, 2.75) is 31.6 Å². The van der Waals surface area contributed by atoms with Crippen molar-refractivity contribution in [1.82, 2.24) is 9.88 Å². The average molecular weight is 330 g/mol. The Hall–Kier alpha value is -2.55. The molecule has 1 fully saturated rings. The lowest BCUT2D eigenvalue weighted by Gasteiger charge is -2.25. The number of para-hydroxylation sites is 1. The van der Waals surface area contributed by atoms with Crippen molar-refractivity contribution in [2.75, 3.05) is 13.1 Å². The van der Waals surface area contributed by atoms with E-state index in [1.54, 1.807) is 0 Å². The minimum Gasteiger partial charge on any atom is -0.350 e. The largest absolute Gasteiger partial charge is 0.350 e. The van der Waals surface area contributed by atoms with E-state index in [2.05, 4.69) is 48.3 Å². The second kappa shape index (κ2) is 5.22. The molecule has 2 aromatic carbocycles. The van der Waals surface area contributed by atoms with Gasteiger partial charge in [-0.2, -0.15) is 0 Å². The number of rotatable bonds is 1. The van der Waals surface area contributed by atoms with Crippen LogP contribution in [0.15, 0.2) is 48.5 Å². The van der Waals surface area contributed by atoms with E-state index >= 15 is 0 Å².